The van der Waals surface area contributed by atoms with Gasteiger partial charge in [0.05, 0.1) is 5.88 Å². The van der Waals surface area contributed by atoms with Crippen LogP contribution in [0.5, 0.6) is 0 Å². The Morgan fingerprint density at radius 1 is 1.58 bits per heavy atom. The van der Waals surface area contributed by atoms with Crippen molar-refractivity contribution in [3.8, 4) is 6.07 Å². The lowest BCUT2D eigenvalue weighted by Gasteiger charge is -2.19. The van der Waals surface area contributed by atoms with Crippen molar-refractivity contribution in [3.63, 3.8) is 0 Å². The number of rotatable bonds is 3. The topological polar surface area (TPSA) is 111 Å². The fraction of sp³-hybridized carbons (Fsp3) is 0.300. The van der Waals surface area contributed by atoms with Crippen molar-refractivity contribution in [3.05, 3.63) is 24.0 Å². The van der Waals surface area contributed by atoms with E-state index in [1.807, 2.05) is 0 Å². The molecule has 1 atom stereocenters. The van der Waals surface area contributed by atoms with E-state index in [0.717, 1.165) is 10.5 Å². The lowest BCUT2D eigenvalue weighted by Crippen LogP contribution is -2.41. The fourth-order valence-electron chi connectivity index (χ4n) is 1.59. The number of aromatic nitrogens is 1. The molecule has 100 valence electrons. The number of carboxylic acids is 1. The molecule has 1 saturated heterocycles. The SMILES string of the molecule is N#Cc1ccc(S(=O)(=O)N2CSCC2C(=O)O)cn1. The minimum Gasteiger partial charge on any atom is -0.480 e. The molecule has 0 spiro atoms. The largest absolute Gasteiger partial charge is 0.480 e. The Balaban J connectivity index is 2.36. The van der Waals surface area contributed by atoms with Gasteiger partial charge in [-0.3, -0.25) is 4.79 Å². The molecule has 2 rings (SSSR count). The first-order chi connectivity index (χ1) is 8.96. The van der Waals surface area contributed by atoms with E-state index in [2.05, 4.69) is 4.98 Å². The lowest BCUT2D eigenvalue weighted by atomic mass is 10.4. The summed E-state index contributed by atoms with van der Waals surface area (Å²) in [5, 5.41) is 17.6. The van der Waals surface area contributed by atoms with Crippen LogP contribution in [0.25, 0.3) is 0 Å². The van der Waals surface area contributed by atoms with Crippen LogP contribution in [0.1, 0.15) is 5.69 Å². The fourth-order valence-corrected chi connectivity index (χ4v) is 4.67. The highest BCUT2D eigenvalue weighted by atomic mass is 32.2. The van der Waals surface area contributed by atoms with Crippen LogP contribution in [-0.2, 0) is 14.8 Å². The van der Waals surface area contributed by atoms with Crippen LogP contribution < -0.4 is 0 Å². The number of nitriles is 1. The van der Waals surface area contributed by atoms with Crippen LogP contribution in [0.3, 0.4) is 0 Å². The number of thioether (sulfide) groups is 1. The van der Waals surface area contributed by atoms with Crippen molar-refractivity contribution in [1.82, 2.24) is 9.29 Å². The van der Waals surface area contributed by atoms with E-state index in [4.69, 9.17) is 10.4 Å². The summed E-state index contributed by atoms with van der Waals surface area (Å²) in [6.45, 7) is 0. The summed E-state index contributed by atoms with van der Waals surface area (Å²) in [6.07, 6.45) is 1.07. The van der Waals surface area contributed by atoms with Crippen LogP contribution in [0.4, 0.5) is 0 Å². The average Bonchev–Trinajstić information content (AvgIpc) is 2.89. The summed E-state index contributed by atoms with van der Waals surface area (Å²) in [4.78, 5) is 14.6. The maximum Gasteiger partial charge on any atom is 0.322 e. The van der Waals surface area contributed by atoms with Crippen molar-refractivity contribution in [2.24, 2.45) is 0 Å². The van der Waals surface area contributed by atoms with Crippen LogP contribution in [0, 0.1) is 11.3 Å². The molecule has 1 aromatic heterocycles. The zero-order valence-corrected chi connectivity index (χ0v) is 11.2. The van der Waals surface area contributed by atoms with Crippen molar-refractivity contribution >= 4 is 27.8 Å². The van der Waals surface area contributed by atoms with Crippen molar-refractivity contribution in [2.75, 3.05) is 11.6 Å². The molecular formula is C10H9N3O4S2. The van der Waals surface area contributed by atoms with E-state index in [0.29, 0.717) is 0 Å². The number of aliphatic carboxylic acids is 1. The van der Waals surface area contributed by atoms with Crippen molar-refractivity contribution < 1.29 is 18.3 Å². The van der Waals surface area contributed by atoms with Gasteiger partial charge in [0, 0.05) is 11.9 Å². The molecule has 0 aromatic carbocycles. The third-order valence-corrected chi connectivity index (χ3v) is 5.60. The second-order valence-corrected chi connectivity index (χ2v) is 6.63. The predicted molar refractivity (Wildman–Crippen MR) is 66.7 cm³/mol. The molecule has 1 aromatic rings. The third-order valence-electron chi connectivity index (χ3n) is 2.58. The molecule has 1 aliphatic rings. The Labute approximate surface area is 113 Å². The lowest BCUT2D eigenvalue weighted by molar-refractivity contribution is -0.140. The first-order valence-corrected chi connectivity index (χ1v) is 7.75. The number of hydrogen-bond donors (Lipinski definition) is 1. The van der Waals surface area contributed by atoms with E-state index in [9.17, 15) is 13.2 Å². The van der Waals surface area contributed by atoms with E-state index in [1.165, 1.54) is 23.9 Å². The molecular weight excluding hydrogens is 290 g/mol. The van der Waals surface area contributed by atoms with Gasteiger partial charge < -0.3 is 5.11 Å². The smallest absolute Gasteiger partial charge is 0.322 e. The molecule has 0 bridgehead atoms. The van der Waals surface area contributed by atoms with E-state index in [-0.39, 0.29) is 22.2 Å². The van der Waals surface area contributed by atoms with Gasteiger partial charge in [-0.2, -0.15) is 9.57 Å². The number of nitrogens with zero attached hydrogens (tertiary/aromatic N) is 3. The maximum atomic E-state index is 12.3. The number of pyridine rings is 1. The van der Waals surface area contributed by atoms with Crippen LogP contribution >= 0.6 is 11.8 Å². The zero-order chi connectivity index (χ0) is 14.0. The maximum absolute atomic E-state index is 12.3. The molecule has 9 heteroatoms. The highest BCUT2D eigenvalue weighted by molar-refractivity contribution is 8.00. The predicted octanol–water partition coefficient (Wildman–Crippen LogP) is 0.101. The monoisotopic (exact) mass is 299 g/mol. The Bertz CT molecular complexity index is 636. The number of carboxylic acid groups (broad SMARTS) is 1. The van der Waals surface area contributed by atoms with Crippen LogP contribution in [0.15, 0.2) is 23.2 Å². The molecule has 1 fully saturated rings. The van der Waals surface area contributed by atoms with Gasteiger partial charge in [-0.1, -0.05) is 0 Å². The molecule has 0 radical (unpaired) electrons. The number of hydrogen-bond acceptors (Lipinski definition) is 6. The standard InChI is InChI=1S/C10H9N3O4S2/c11-3-7-1-2-8(4-12-7)19(16,17)13-6-18-5-9(13)10(14)15/h1-2,4,9H,5-6H2,(H,14,15). The number of carbonyl (C=O) groups is 1. The molecule has 0 amide bonds. The normalized spacial score (nSPS) is 20.1. The Hall–Kier alpha value is -1.63. The summed E-state index contributed by atoms with van der Waals surface area (Å²) >= 11 is 1.24. The molecule has 7 nitrogen and oxygen atoms in total. The molecule has 2 heterocycles. The Kier molecular flexibility index (Phi) is 3.75. The second kappa shape index (κ2) is 5.16. The Morgan fingerprint density at radius 2 is 2.32 bits per heavy atom. The zero-order valence-electron chi connectivity index (χ0n) is 9.55. The van der Waals surface area contributed by atoms with E-state index >= 15 is 0 Å². The van der Waals surface area contributed by atoms with Gasteiger partial charge in [-0.15, -0.1) is 11.8 Å². The second-order valence-electron chi connectivity index (χ2n) is 3.74. The minimum absolute atomic E-state index is 0.0965. The summed E-state index contributed by atoms with van der Waals surface area (Å²) in [6, 6.07) is 3.26. The van der Waals surface area contributed by atoms with Crippen molar-refractivity contribution in [2.45, 2.75) is 10.9 Å². The Morgan fingerprint density at radius 3 is 2.84 bits per heavy atom. The molecule has 0 aliphatic carbocycles. The van der Waals surface area contributed by atoms with Gasteiger partial charge in [-0.05, 0) is 12.1 Å². The quantitative estimate of drug-likeness (QED) is 0.842. The van der Waals surface area contributed by atoms with Gasteiger partial charge in [0.1, 0.15) is 22.7 Å². The summed E-state index contributed by atoms with van der Waals surface area (Å²) in [5.74, 6) is -0.854. The van der Waals surface area contributed by atoms with E-state index in [1.54, 1.807) is 6.07 Å². The van der Waals surface area contributed by atoms with Crippen LogP contribution in [0.2, 0.25) is 0 Å². The minimum atomic E-state index is -3.90. The third kappa shape index (κ3) is 2.56. The summed E-state index contributed by atoms with van der Waals surface area (Å²) in [5.41, 5.74) is 0.101. The van der Waals surface area contributed by atoms with Gasteiger partial charge in [-0.25, -0.2) is 13.4 Å². The van der Waals surface area contributed by atoms with Gasteiger partial charge in [0.25, 0.3) is 0 Å². The molecule has 1 unspecified atom stereocenters. The van der Waals surface area contributed by atoms with Gasteiger partial charge in [0.2, 0.25) is 10.0 Å². The van der Waals surface area contributed by atoms with Gasteiger partial charge in [0.15, 0.2) is 0 Å². The highest BCUT2D eigenvalue weighted by Crippen LogP contribution is 2.28. The average molecular weight is 299 g/mol. The van der Waals surface area contributed by atoms with Gasteiger partial charge >= 0.3 is 5.97 Å². The molecule has 19 heavy (non-hydrogen) atoms. The highest BCUT2D eigenvalue weighted by Gasteiger charge is 2.40. The number of sulfonamides is 1. The molecule has 0 saturated carbocycles. The summed E-state index contributed by atoms with van der Waals surface area (Å²) in [7, 11) is -3.90. The van der Waals surface area contributed by atoms with Crippen molar-refractivity contribution in [1.29, 1.82) is 5.26 Å². The summed E-state index contributed by atoms with van der Waals surface area (Å²) < 4.78 is 25.5. The van der Waals surface area contributed by atoms with E-state index < -0.39 is 22.0 Å². The molecule has 1 aliphatic heterocycles. The first kappa shape index (κ1) is 13.8. The molecule has 1 N–H and O–H groups in total. The van der Waals surface area contributed by atoms with Crippen LogP contribution in [-0.4, -0.2) is 46.5 Å². The first-order valence-electron chi connectivity index (χ1n) is 5.15.